The molecule has 0 spiro atoms. The highest BCUT2D eigenvalue weighted by atomic mass is 79.9. The summed E-state index contributed by atoms with van der Waals surface area (Å²) in [6.07, 6.45) is 5.29. The molecule has 20 heavy (non-hydrogen) atoms. The third-order valence-corrected chi connectivity index (χ3v) is 4.17. The summed E-state index contributed by atoms with van der Waals surface area (Å²) in [5.74, 6) is -0.343. The minimum atomic E-state index is -0.343. The summed E-state index contributed by atoms with van der Waals surface area (Å²) in [5.41, 5.74) is 2.03. The van der Waals surface area contributed by atoms with E-state index in [1.165, 1.54) is 23.9 Å². The van der Waals surface area contributed by atoms with Crippen molar-refractivity contribution in [2.45, 2.75) is 0 Å². The van der Waals surface area contributed by atoms with Gasteiger partial charge in [-0.3, -0.25) is 4.98 Å². The van der Waals surface area contributed by atoms with E-state index in [2.05, 4.69) is 27.0 Å². The van der Waals surface area contributed by atoms with Crippen molar-refractivity contribution < 1.29 is 4.39 Å². The largest absolute Gasteiger partial charge is 0.264 e. The lowest BCUT2D eigenvalue weighted by Crippen LogP contribution is -1.91. The normalized spacial score (nSPS) is 11.7. The Morgan fingerprint density at radius 2 is 2.20 bits per heavy atom. The second-order valence-electron chi connectivity index (χ2n) is 3.89. The molecule has 0 atom stereocenters. The first-order valence-corrected chi connectivity index (χ1v) is 7.73. The molecule has 0 radical (unpaired) electrons. The van der Waals surface area contributed by atoms with Crippen molar-refractivity contribution in [1.29, 1.82) is 5.26 Å². The molecule has 0 fully saturated rings. The maximum atomic E-state index is 13.2. The van der Waals surface area contributed by atoms with Crippen LogP contribution in [0.2, 0.25) is 0 Å². The molecule has 5 heteroatoms. The molecule has 0 N–H and O–H groups in total. The fourth-order valence-corrected chi connectivity index (χ4v) is 3.05. The molecule has 0 unspecified atom stereocenters. The summed E-state index contributed by atoms with van der Waals surface area (Å²) in [4.78, 5) is 4.88. The maximum absolute atomic E-state index is 13.2. The Kier molecular flexibility index (Phi) is 4.94. The predicted octanol–water partition coefficient (Wildman–Crippen LogP) is 4.74. The van der Waals surface area contributed by atoms with Crippen molar-refractivity contribution >= 4 is 38.2 Å². The highest BCUT2D eigenvalue weighted by molar-refractivity contribution is 9.10. The van der Waals surface area contributed by atoms with Gasteiger partial charge in [-0.2, -0.15) is 5.26 Å². The standard InChI is InChI=1S/C15H10BrFN2S/c1-20-15(10-3-2-6-19-9-10)13(8-18)12-5-4-11(17)7-14(12)16/h2-7,9H,1H3/b15-13-. The summed E-state index contributed by atoms with van der Waals surface area (Å²) in [6, 6.07) is 10.2. The van der Waals surface area contributed by atoms with Gasteiger partial charge in [-0.1, -0.05) is 22.0 Å². The first-order valence-electron chi connectivity index (χ1n) is 5.71. The fourth-order valence-electron chi connectivity index (χ4n) is 1.79. The van der Waals surface area contributed by atoms with E-state index >= 15 is 0 Å². The molecule has 1 aromatic carbocycles. The van der Waals surface area contributed by atoms with Crippen molar-refractivity contribution in [3.8, 4) is 6.07 Å². The van der Waals surface area contributed by atoms with Gasteiger partial charge in [0, 0.05) is 32.9 Å². The van der Waals surface area contributed by atoms with Gasteiger partial charge >= 0.3 is 0 Å². The molecule has 0 aliphatic rings. The monoisotopic (exact) mass is 348 g/mol. The van der Waals surface area contributed by atoms with E-state index < -0.39 is 0 Å². The predicted molar refractivity (Wildman–Crippen MR) is 84.3 cm³/mol. The Labute approximate surface area is 129 Å². The minimum Gasteiger partial charge on any atom is -0.264 e. The zero-order valence-electron chi connectivity index (χ0n) is 10.6. The number of rotatable bonds is 3. The number of thioether (sulfide) groups is 1. The third-order valence-electron chi connectivity index (χ3n) is 2.67. The van der Waals surface area contributed by atoms with Gasteiger partial charge in [0.2, 0.25) is 0 Å². The van der Waals surface area contributed by atoms with Crippen LogP contribution in [0.15, 0.2) is 47.2 Å². The molecule has 100 valence electrons. The van der Waals surface area contributed by atoms with E-state index in [0.29, 0.717) is 15.6 Å². The second kappa shape index (κ2) is 6.69. The Bertz CT molecular complexity index is 693. The number of hydrogen-bond donors (Lipinski definition) is 0. The quantitative estimate of drug-likeness (QED) is 0.751. The molecule has 1 aromatic heterocycles. The Balaban J connectivity index is 2.65. The van der Waals surface area contributed by atoms with Crippen molar-refractivity contribution in [2.24, 2.45) is 0 Å². The number of nitrogens with zero attached hydrogens (tertiary/aromatic N) is 2. The lowest BCUT2D eigenvalue weighted by Gasteiger charge is -2.10. The molecule has 2 nitrogen and oxygen atoms in total. The van der Waals surface area contributed by atoms with E-state index in [1.54, 1.807) is 18.5 Å². The molecule has 0 bridgehead atoms. The minimum absolute atomic E-state index is 0.343. The summed E-state index contributed by atoms with van der Waals surface area (Å²) in [7, 11) is 0. The number of halogens is 2. The van der Waals surface area contributed by atoms with Crippen molar-refractivity contribution in [1.82, 2.24) is 4.98 Å². The number of pyridine rings is 1. The molecular weight excluding hydrogens is 339 g/mol. The SMILES string of the molecule is CS/C(=C(/C#N)c1ccc(F)cc1Br)c1cccnc1. The Morgan fingerprint density at radius 3 is 2.75 bits per heavy atom. The first kappa shape index (κ1) is 14.8. The zero-order valence-corrected chi connectivity index (χ0v) is 13.0. The first-order chi connectivity index (χ1) is 9.67. The molecule has 0 saturated heterocycles. The van der Waals surface area contributed by atoms with Crippen molar-refractivity contribution in [2.75, 3.05) is 6.26 Å². The van der Waals surface area contributed by atoms with Crippen LogP contribution in [0.3, 0.4) is 0 Å². The highest BCUT2D eigenvalue weighted by Crippen LogP contribution is 2.36. The Morgan fingerprint density at radius 1 is 1.40 bits per heavy atom. The van der Waals surface area contributed by atoms with E-state index in [4.69, 9.17) is 0 Å². The molecule has 0 aliphatic heterocycles. The summed E-state index contributed by atoms with van der Waals surface area (Å²) < 4.78 is 13.7. The molecule has 0 saturated carbocycles. The van der Waals surface area contributed by atoms with Gasteiger partial charge < -0.3 is 0 Å². The average molecular weight is 349 g/mol. The smallest absolute Gasteiger partial charge is 0.124 e. The van der Waals surface area contributed by atoms with Gasteiger partial charge in [0.05, 0.1) is 5.57 Å². The van der Waals surface area contributed by atoms with Crippen LogP contribution in [0.1, 0.15) is 11.1 Å². The van der Waals surface area contributed by atoms with Crippen LogP contribution in [0.4, 0.5) is 4.39 Å². The van der Waals surface area contributed by atoms with Crippen LogP contribution < -0.4 is 0 Å². The average Bonchev–Trinajstić information content (AvgIpc) is 2.46. The molecule has 0 amide bonds. The maximum Gasteiger partial charge on any atom is 0.124 e. The van der Waals surface area contributed by atoms with Crippen molar-refractivity contribution in [3.05, 3.63) is 64.1 Å². The van der Waals surface area contributed by atoms with E-state index in [1.807, 2.05) is 18.4 Å². The van der Waals surface area contributed by atoms with Gasteiger partial charge in [0.15, 0.2) is 0 Å². The van der Waals surface area contributed by atoms with E-state index in [9.17, 15) is 9.65 Å². The molecule has 0 aliphatic carbocycles. The molecule has 2 rings (SSSR count). The van der Waals surface area contributed by atoms with Gasteiger partial charge in [-0.05, 0) is 30.5 Å². The van der Waals surface area contributed by atoms with Crippen LogP contribution in [0.5, 0.6) is 0 Å². The number of allylic oxidation sites excluding steroid dienone is 1. The van der Waals surface area contributed by atoms with Crippen LogP contribution in [-0.2, 0) is 0 Å². The lowest BCUT2D eigenvalue weighted by molar-refractivity contribution is 0.627. The summed E-state index contributed by atoms with van der Waals surface area (Å²) >= 11 is 4.77. The van der Waals surface area contributed by atoms with Crippen LogP contribution in [0, 0.1) is 17.1 Å². The highest BCUT2D eigenvalue weighted by Gasteiger charge is 2.14. The van der Waals surface area contributed by atoms with E-state index in [0.717, 1.165) is 10.5 Å². The van der Waals surface area contributed by atoms with Gasteiger partial charge in [-0.15, -0.1) is 11.8 Å². The number of nitriles is 1. The van der Waals surface area contributed by atoms with Gasteiger partial charge in [0.25, 0.3) is 0 Å². The van der Waals surface area contributed by atoms with Crippen molar-refractivity contribution in [3.63, 3.8) is 0 Å². The van der Waals surface area contributed by atoms with Crippen LogP contribution in [-0.4, -0.2) is 11.2 Å². The number of hydrogen-bond acceptors (Lipinski definition) is 3. The van der Waals surface area contributed by atoms with Gasteiger partial charge in [0.1, 0.15) is 11.9 Å². The molecular formula is C15H10BrFN2S. The molecule has 1 heterocycles. The third kappa shape index (κ3) is 3.09. The Hall–Kier alpha value is -1.64. The lowest BCUT2D eigenvalue weighted by atomic mass is 10.0. The topological polar surface area (TPSA) is 36.7 Å². The summed E-state index contributed by atoms with van der Waals surface area (Å²) in [5, 5.41) is 9.48. The van der Waals surface area contributed by atoms with Gasteiger partial charge in [-0.25, -0.2) is 4.39 Å². The fraction of sp³-hybridized carbons (Fsp3) is 0.0667. The van der Waals surface area contributed by atoms with Crippen LogP contribution in [0.25, 0.3) is 10.5 Å². The summed E-state index contributed by atoms with van der Waals surface area (Å²) in [6.45, 7) is 0. The number of aromatic nitrogens is 1. The zero-order chi connectivity index (χ0) is 14.5. The van der Waals surface area contributed by atoms with Crippen LogP contribution >= 0.6 is 27.7 Å². The molecule has 2 aromatic rings. The number of benzene rings is 1. The van der Waals surface area contributed by atoms with E-state index in [-0.39, 0.29) is 5.82 Å². The second-order valence-corrected chi connectivity index (χ2v) is 5.56.